The van der Waals surface area contributed by atoms with Crippen LogP contribution in [-0.2, 0) is 21.5 Å². The number of amides is 1. The molecule has 0 bridgehead atoms. The number of anilines is 1. The predicted molar refractivity (Wildman–Crippen MR) is 109 cm³/mol. The number of likely N-dealkylation sites (tertiary alicyclic amines) is 1. The number of aromatic amines is 1. The molecule has 2 saturated heterocycles. The largest absolute Gasteiger partial charge is 0.381 e. The topological polar surface area (TPSA) is 105 Å². The first-order chi connectivity index (χ1) is 14.6. The lowest BCUT2D eigenvalue weighted by Gasteiger charge is -2.34. The summed E-state index contributed by atoms with van der Waals surface area (Å²) in [6.07, 6.45) is 4.83. The van der Waals surface area contributed by atoms with Crippen LogP contribution in [0.15, 0.2) is 12.3 Å². The summed E-state index contributed by atoms with van der Waals surface area (Å²) in [5, 5.41) is 10.4. The number of rotatable bonds is 4. The van der Waals surface area contributed by atoms with Crippen LogP contribution in [0.25, 0.3) is 0 Å². The van der Waals surface area contributed by atoms with Gasteiger partial charge in [0.15, 0.2) is 0 Å². The summed E-state index contributed by atoms with van der Waals surface area (Å²) in [6, 6.07) is 1.79. The molecular formula is C21H28N6O3. The molecule has 3 aliphatic heterocycles. The third-order valence-electron chi connectivity index (χ3n) is 6.46. The zero-order chi connectivity index (χ0) is 20.6. The van der Waals surface area contributed by atoms with Crippen LogP contribution in [-0.4, -0.2) is 70.4 Å². The number of fused-ring (bicyclic) bond motifs is 2. The number of hydrogen-bond acceptors (Lipinski definition) is 7. The SMILES string of the molecule is Cc1cc(C(=O)N2CCC3(COCc4cnc(NCC5CCOCC5)nc43)C2)n[nH]1. The van der Waals surface area contributed by atoms with Crippen molar-refractivity contribution < 1.29 is 14.3 Å². The quantitative estimate of drug-likeness (QED) is 0.787. The number of nitrogens with zero attached hydrogens (tertiary/aromatic N) is 4. The second kappa shape index (κ2) is 7.96. The van der Waals surface area contributed by atoms with Gasteiger partial charge in [-0.3, -0.25) is 9.89 Å². The second-order valence-corrected chi connectivity index (χ2v) is 8.69. The van der Waals surface area contributed by atoms with Gasteiger partial charge >= 0.3 is 0 Å². The minimum absolute atomic E-state index is 0.0460. The number of nitrogens with one attached hydrogen (secondary N) is 2. The molecular weight excluding hydrogens is 384 g/mol. The molecule has 1 atom stereocenters. The summed E-state index contributed by atoms with van der Waals surface area (Å²) in [6.45, 7) is 6.75. The van der Waals surface area contributed by atoms with Crippen molar-refractivity contribution in [1.29, 1.82) is 0 Å². The number of carbonyl (C=O) groups excluding carboxylic acids is 1. The highest BCUT2D eigenvalue weighted by Gasteiger charge is 2.46. The third kappa shape index (κ3) is 3.67. The molecule has 9 heteroatoms. The van der Waals surface area contributed by atoms with Gasteiger partial charge < -0.3 is 19.7 Å². The predicted octanol–water partition coefficient (Wildman–Crippen LogP) is 1.66. The molecule has 0 radical (unpaired) electrons. The van der Waals surface area contributed by atoms with Crippen LogP contribution in [0.3, 0.4) is 0 Å². The summed E-state index contributed by atoms with van der Waals surface area (Å²) >= 11 is 0. The Hall–Kier alpha value is -2.52. The summed E-state index contributed by atoms with van der Waals surface area (Å²) in [5.41, 5.74) is 3.09. The van der Waals surface area contributed by atoms with Gasteiger partial charge in [0.05, 0.1) is 24.3 Å². The van der Waals surface area contributed by atoms with Crippen LogP contribution in [0, 0.1) is 12.8 Å². The fraction of sp³-hybridized carbons (Fsp3) is 0.619. The van der Waals surface area contributed by atoms with E-state index in [4.69, 9.17) is 14.5 Å². The van der Waals surface area contributed by atoms with Crippen molar-refractivity contribution in [3.05, 3.63) is 34.9 Å². The van der Waals surface area contributed by atoms with Crippen molar-refractivity contribution >= 4 is 11.9 Å². The maximum absolute atomic E-state index is 12.9. The van der Waals surface area contributed by atoms with Crippen LogP contribution in [0.2, 0.25) is 0 Å². The van der Waals surface area contributed by atoms with Gasteiger partial charge in [0, 0.05) is 50.3 Å². The molecule has 2 N–H and O–H groups in total. The molecule has 0 saturated carbocycles. The fourth-order valence-electron chi connectivity index (χ4n) is 4.71. The van der Waals surface area contributed by atoms with Gasteiger partial charge in [0.2, 0.25) is 5.95 Å². The van der Waals surface area contributed by atoms with Crippen LogP contribution in [0.5, 0.6) is 0 Å². The fourth-order valence-corrected chi connectivity index (χ4v) is 4.71. The molecule has 2 aromatic heterocycles. The number of aromatic nitrogens is 4. The molecule has 1 spiro atoms. The van der Waals surface area contributed by atoms with E-state index in [1.807, 2.05) is 18.0 Å². The van der Waals surface area contributed by atoms with E-state index in [1.54, 1.807) is 6.07 Å². The first kappa shape index (κ1) is 19.4. The van der Waals surface area contributed by atoms with Gasteiger partial charge in [0.1, 0.15) is 5.69 Å². The lowest BCUT2D eigenvalue weighted by Crippen LogP contribution is -2.42. The molecule has 3 aliphatic rings. The van der Waals surface area contributed by atoms with Crippen molar-refractivity contribution in [2.75, 3.05) is 44.8 Å². The van der Waals surface area contributed by atoms with Gasteiger partial charge in [0.25, 0.3) is 5.91 Å². The first-order valence-electron chi connectivity index (χ1n) is 10.7. The van der Waals surface area contributed by atoms with Gasteiger partial charge in [-0.1, -0.05) is 0 Å². The number of aryl methyl sites for hydroxylation is 1. The molecule has 160 valence electrons. The van der Waals surface area contributed by atoms with Crippen molar-refractivity contribution in [3.63, 3.8) is 0 Å². The zero-order valence-electron chi connectivity index (χ0n) is 17.3. The van der Waals surface area contributed by atoms with Gasteiger partial charge in [-0.05, 0) is 38.2 Å². The summed E-state index contributed by atoms with van der Waals surface area (Å²) in [5.74, 6) is 1.21. The Kier molecular flexibility index (Phi) is 5.16. The van der Waals surface area contributed by atoms with Crippen LogP contribution in [0.4, 0.5) is 5.95 Å². The molecule has 0 aromatic carbocycles. The highest BCUT2D eigenvalue weighted by atomic mass is 16.5. The molecule has 1 amide bonds. The number of carbonyl (C=O) groups is 1. The minimum atomic E-state index is -0.285. The minimum Gasteiger partial charge on any atom is -0.381 e. The maximum atomic E-state index is 12.9. The Morgan fingerprint density at radius 3 is 3.03 bits per heavy atom. The van der Waals surface area contributed by atoms with Gasteiger partial charge in [-0.25, -0.2) is 9.97 Å². The van der Waals surface area contributed by atoms with E-state index in [0.29, 0.717) is 43.9 Å². The zero-order valence-corrected chi connectivity index (χ0v) is 17.3. The van der Waals surface area contributed by atoms with E-state index in [2.05, 4.69) is 20.5 Å². The molecule has 2 fully saturated rings. The Bertz CT molecular complexity index is 925. The Morgan fingerprint density at radius 1 is 1.37 bits per heavy atom. The van der Waals surface area contributed by atoms with E-state index in [-0.39, 0.29) is 11.3 Å². The summed E-state index contributed by atoms with van der Waals surface area (Å²) in [4.78, 5) is 24.2. The summed E-state index contributed by atoms with van der Waals surface area (Å²) in [7, 11) is 0. The van der Waals surface area contributed by atoms with Crippen molar-refractivity contribution in [2.45, 2.75) is 38.2 Å². The van der Waals surface area contributed by atoms with E-state index in [9.17, 15) is 4.79 Å². The van der Waals surface area contributed by atoms with Crippen molar-refractivity contribution in [1.82, 2.24) is 25.1 Å². The molecule has 0 aliphatic carbocycles. The van der Waals surface area contributed by atoms with E-state index in [0.717, 1.165) is 56.0 Å². The van der Waals surface area contributed by atoms with Gasteiger partial charge in [-0.15, -0.1) is 0 Å². The Labute approximate surface area is 175 Å². The van der Waals surface area contributed by atoms with Crippen LogP contribution >= 0.6 is 0 Å². The highest BCUT2D eigenvalue weighted by Crippen LogP contribution is 2.39. The summed E-state index contributed by atoms with van der Waals surface area (Å²) < 4.78 is 11.3. The average Bonchev–Trinajstić information content (AvgIpc) is 3.40. The van der Waals surface area contributed by atoms with Crippen LogP contribution < -0.4 is 5.32 Å². The van der Waals surface area contributed by atoms with Crippen molar-refractivity contribution in [3.8, 4) is 0 Å². The third-order valence-corrected chi connectivity index (χ3v) is 6.46. The van der Waals surface area contributed by atoms with E-state index < -0.39 is 0 Å². The van der Waals surface area contributed by atoms with Crippen LogP contribution in [0.1, 0.15) is 46.7 Å². The molecule has 1 unspecified atom stereocenters. The first-order valence-corrected chi connectivity index (χ1v) is 10.7. The standard InChI is InChI=1S/C21H28N6O3/c1-14-8-17(26-25-14)19(28)27-5-4-21(12-27)13-30-11-16-10-23-20(24-18(16)21)22-9-15-2-6-29-7-3-15/h8,10,15H,2-7,9,11-13H2,1H3,(H,25,26)(H,22,23,24). The smallest absolute Gasteiger partial charge is 0.274 e. The van der Waals surface area contributed by atoms with Crippen molar-refractivity contribution in [2.24, 2.45) is 5.92 Å². The molecule has 5 rings (SSSR count). The molecule has 30 heavy (non-hydrogen) atoms. The normalized spacial score (nSPS) is 24.2. The Morgan fingerprint density at radius 2 is 2.23 bits per heavy atom. The Balaban J connectivity index is 1.33. The number of ether oxygens (including phenoxy) is 2. The molecule has 5 heterocycles. The highest BCUT2D eigenvalue weighted by molar-refractivity contribution is 5.92. The second-order valence-electron chi connectivity index (χ2n) is 8.69. The van der Waals surface area contributed by atoms with Gasteiger partial charge in [-0.2, -0.15) is 5.10 Å². The number of H-pyrrole nitrogens is 1. The monoisotopic (exact) mass is 412 g/mol. The van der Waals surface area contributed by atoms with E-state index in [1.165, 1.54) is 0 Å². The molecule has 9 nitrogen and oxygen atoms in total. The lowest BCUT2D eigenvalue weighted by atomic mass is 9.80. The number of hydrogen-bond donors (Lipinski definition) is 2. The lowest BCUT2D eigenvalue weighted by molar-refractivity contribution is 0.0484. The molecule has 2 aromatic rings. The average molecular weight is 412 g/mol. The van der Waals surface area contributed by atoms with E-state index >= 15 is 0 Å². The maximum Gasteiger partial charge on any atom is 0.274 e.